The van der Waals surface area contributed by atoms with Crippen molar-refractivity contribution in [3.8, 4) is 0 Å². The second-order valence-electron chi connectivity index (χ2n) is 4.75. The number of allylic oxidation sites excluding steroid dienone is 1. The van der Waals surface area contributed by atoms with Crippen molar-refractivity contribution in [1.29, 1.82) is 0 Å². The number of carboxylic acids is 1. The molecule has 0 saturated heterocycles. The number of aromatic nitrogens is 2. The van der Waals surface area contributed by atoms with Crippen molar-refractivity contribution < 1.29 is 9.90 Å². The number of carbonyl (C=O) groups is 1. The number of hydrogen-bond acceptors (Lipinski definition) is 2. The normalized spacial score (nSPS) is 11.5. The molecule has 0 amide bonds. The van der Waals surface area contributed by atoms with Crippen LogP contribution in [0.5, 0.6) is 0 Å². The van der Waals surface area contributed by atoms with E-state index in [-0.39, 0.29) is 0 Å². The first-order chi connectivity index (χ1) is 10.1. The molecular formula is C17H18N2O2. The van der Waals surface area contributed by atoms with Gasteiger partial charge in [-0.2, -0.15) is 5.10 Å². The SMILES string of the molecule is Cc1nn(C/C=C/c2ccccc2)c(C)c1C=CC(=O)O. The van der Waals surface area contributed by atoms with Crippen LogP contribution in [0.1, 0.15) is 22.5 Å². The molecule has 1 aromatic carbocycles. The lowest BCUT2D eigenvalue weighted by molar-refractivity contribution is -0.131. The molecule has 0 spiro atoms. The molecule has 1 aromatic heterocycles. The lowest BCUT2D eigenvalue weighted by Gasteiger charge is -2.00. The van der Waals surface area contributed by atoms with Crippen LogP contribution in [0.15, 0.2) is 42.5 Å². The Kier molecular flexibility index (Phi) is 4.72. The van der Waals surface area contributed by atoms with Gasteiger partial charge in [0.15, 0.2) is 0 Å². The van der Waals surface area contributed by atoms with Crippen LogP contribution in [0, 0.1) is 13.8 Å². The van der Waals surface area contributed by atoms with Gasteiger partial charge in [-0.25, -0.2) is 4.79 Å². The van der Waals surface area contributed by atoms with Gasteiger partial charge in [0.2, 0.25) is 0 Å². The van der Waals surface area contributed by atoms with Gasteiger partial charge in [0.1, 0.15) is 0 Å². The van der Waals surface area contributed by atoms with Crippen LogP contribution >= 0.6 is 0 Å². The molecule has 4 nitrogen and oxygen atoms in total. The third kappa shape index (κ3) is 3.92. The Morgan fingerprint density at radius 1 is 1.24 bits per heavy atom. The zero-order chi connectivity index (χ0) is 15.2. The number of benzene rings is 1. The summed E-state index contributed by atoms with van der Waals surface area (Å²) in [6, 6.07) is 10.1. The average Bonchev–Trinajstić information content (AvgIpc) is 2.72. The number of aryl methyl sites for hydroxylation is 1. The molecule has 1 N–H and O–H groups in total. The molecule has 1 heterocycles. The van der Waals surface area contributed by atoms with Crippen LogP contribution in [-0.4, -0.2) is 20.9 Å². The molecule has 0 fully saturated rings. The summed E-state index contributed by atoms with van der Waals surface area (Å²) in [5.74, 6) is -0.953. The smallest absolute Gasteiger partial charge is 0.328 e. The van der Waals surface area contributed by atoms with E-state index in [9.17, 15) is 4.79 Å². The predicted molar refractivity (Wildman–Crippen MR) is 83.8 cm³/mol. The van der Waals surface area contributed by atoms with Crippen molar-refractivity contribution in [3.05, 3.63) is 65.0 Å². The van der Waals surface area contributed by atoms with E-state index in [0.717, 1.165) is 28.6 Å². The molecule has 4 heteroatoms. The van der Waals surface area contributed by atoms with Crippen molar-refractivity contribution in [1.82, 2.24) is 9.78 Å². The number of carboxylic acid groups (broad SMARTS) is 1. The third-order valence-corrected chi connectivity index (χ3v) is 3.22. The van der Waals surface area contributed by atoms with Crippen LogP contribution in [-0.2, 0) is 11.3 Å². The molecule has 0 saturated carbocycles. The minimum absolute atomic E-state index is 0.655. The van der Waals surface area contributed by atoms with Gasteiger partial charge < -0.3 is 5.11 Å². The van der Waals surface area contributed by atoms with Gasteiger partial charge in [-0.05, 0) is 25.5 Å². The highest BCUT2D eigenvalue weighted by Gasteiger charge is 2.08. The second-order valence-corrected chi connectivity index (χ2v) is 4.75. The number of rotatable bonds is 5. The van der Waals surface area contributed by atoms with E-state index in [2.05, 4.69) is 5.10 Å². The Bertz CT molecular complexity index is 682. The van der Waals surface area contributed by atoms with Crippen LogP contribution in [0.25, 0.3) is 12.2 Å². The molecule has 0 aliphatic heterocycles. The minimum atomic E-state index is -0.953. The molecule has 21 heavy (non-hydrogen) atoms. The number of hydrogen-bond donors (Lipinski definition) is 1. The molecule has 0 atom stereocenters. The molecule has 2 rings (SSSR count). The van der Waals surface area contributed by atoms with Crippen LogP contribution < -0.4 is 0 Å². The van der Waals surface area contributed by atoms with E-state index in [0.29, 0.717) is 6.54 Å². The molecule has 108 valence electrons. The molecule has 0 bridgehead atoms. The summed E-state index contributed by atoms with van der Waals surface area (Å²) in [6.45, 7) is 4.48. The van der Waals surface area contributed by atoms with Gasteiger partial charge in [0.05, 0.1) is 12.2 Å². The topological polar surface area (TPSA) is 55.1 Å². The highest BCUT2D eigenvalue weighted by atomic mass is 16.4. The summed E-state index contributed by atoms with van der Waals surface area (Å²) in [4.78, 5) is 10.6. The third-order valence-electron chi connectivity index (χ3n) is 3.22. The van der Waals surface area contributed by atoms with Crippen molar-refractivity contribution in [2.45, 2.75) is 20.4 Å². The van der Waals surface area contributed by atoms with Gasteiger partial charge in [0.25, 0.3) is 0 Å². The summed E-state index contributed by atoms with van der Waals surface area (Å²) in [6.07, 6.45) is 6.82. The summed E-state index contributed by atoms with van der Waals surface area (Å²) in [5, 5.41) is 13.1. The Morgan fingerprint density at radius 2 is 1.95 bits per heavy atom. The summed E-state index contributed by atoms with van der Waals surface area (Å²) >= 11 is 0. The largest absolute Gasteiger partial charge is 0.478 e. The first-order valence-electron chi connectivity index (χ1n) is 6.74. The standard InChI is InChI=1S/C17H18N2O2/c1-13-16(10-11-17(20)21)14(2)19(18-13)12-6-9-15-7-4-3-5-8-15/h3-11H,12H2,1-2H3,(H,20,21)/b9-6+,11-10?. The van der Waals surface area contributed by atoms with E-state index >= 15 is 0 Å². The Hall–Kier alpha value is -2.62. The van der Waals surface area contributed by atoms with Crippen LogP contribution in [0.4, 0.5) is 0 Å². The zero-order valence-electron chi connectivity index (χ0n) is 12.2. The second kappa shape index (κ2) is 6.70. The average molecular weight is 282 g/mol. The Morgan fingerprint density at radius 3 is 2.62 bits per heavy atom. The fourth-order valence-corrected chi connectivity index (χ4v) is 2.14. The van der Waals surface area contributed by atoms with Gasteiger partial charge in [-0.1, -0.05) is 42.5 Å². The molecule has 2 aromatic rings. The monoisotopic (exact) mass is 282 g/mol. The van der Waals surface area contributed by atoms with Crippen LogP contribution in [0.3, 0.4) is 0 Å². The summed E-state index contributed by atoms with van der Waals surface area (Å²) < 4.78 is 1.87. The van der Waals surface area contributed by atoms with E-state index in [4.69, 9.17) is 5.11 Å². The summed E-state index contributed by atoms with van der Waals surface area (Å²) in [7, 11) is 0. The van der Waals surface area contributed by atoms with Crippen molar-refractivity contribution in [3.63, 3.8) is 0 Å². The number of nitrogens with zero attached hydrogens (tertiary/aromatic N) is 2. The first kappa shape index (κ1) is 14.8. The van der Waals surface area contributed by atoms with Crippen LogP contribution in [0.2, 0.25) is 0 Å². The maximum Gasteiger partial charge on any atom is 0.328 e. The fourth-order valence-electron chi connectivity index (χ4n) is 2.14. The first-order valence-corrected chi connectivity index (χ1v) is 6.74. The van der Waals surface area contributed by atoms with E-state index in [1.54, 1.807) is 6.08 Å². The lowest BCUT2D eigenvalue weighted by atomic mass is 10.2. The zero-order valence-corrected chi connectivity index (χ0v) is 12.2. The van der Waals surface area contributed by atoms with Crippen molar-refractivity contribution in [2.75, 3.05) is 0 Å². The molecule has 0 aliphatic rings. The van der Waals surface area contributed by atoms with Crippen molar-refractivity contribution >= 4 is 18.1 Å². The number of aliphatic carboxylic acids is 1. The molecular weight excluding hydrogens is 264 g/mol. The van der Waals surface area contributed by atoms with E-state index < -0.39 is 5.97 Å². The highest BCUT2D eigenvalue weighted by Crippen LogP contribution is 2.15. The highest BCUT2D eigenvalue weighted by molar-refractivity contribution is 5.85. The van der Waals surface area contributed by atoms with E-state index in [1.165, 1.54) is 0 Å². The summed E-state index contributed by atoms with van der Waals surface area (Å²) in [5.41, 5.74) is 3.80. The van der Waals surface area contributed by atoms with E-state index in [1.807, 2.05) is 61.0 Å². The van der Waals surface area contributed by atoms with Gasteiger partial charge in [-0.15, -0.1) is 0 Å². The maximum absolute atomic E-state index is 10.6. The maximum atomic E-state index is 10.6. The van der Waals surface area contributed by atoms with Gasteiger partial charge >= 0.3 is 5.97 Å². The molecule has 0 aliphatic carbocycles. The van der Waals surface area contributed by atoms with Gasteiger partial charge in [0, 0.05) is 17.3 Å². The predicted octanol–water partition coefficient (Wildman–Crippen LogP) is 3.31. The minimum Gasteiger partial charge on any atom is -0.478 e. The van der Waals surface area contributed by atoms with Crippen molar-refractivity contribution in [2.24, 2.45) is 0 Å². The lowest BCUT2D eigenvalue weighted by Crippen LogP contribution is -2.00. The molecule has 0 radical (unpaired) electrons. The molecule has 0 unspecified atom stereocenters. The van der Waals surface area contributed by atoms with Gasteiger partial charge in [-0.3, -0.25) is 4.68 Å². The Labute approximate surface area is 124 Å². The Balaban J connectivity index is 2.13. The fraction of sp³-hybridized carbons (Fsp3) is 0.176. The quantitative estimate of drug-likeness (QED) is 0.856.